The van der Waals surface area contributed by atoms with E-state index in [-0.39, 0.29) is 17.3 Å². The van der Waals surface area contributed by atoms with Gasteiger partial charge >= 0.3 is 0 Å². The van der Waals surface area contributed by atoms with Gasteiger partial charge in [0.25, 0.3) is 0 Å². The van der Waals surface area contributed by atoms with Gasteiger partial charge in [-0.15, -0.1) is 10.2 Å². The van der Waals surface area contributed by atoms with Crippen LogP contribution < -0.4 is 5.32 Å². The molecule has 0 aliphatic rings. The number of aryl methyl sites for hydroxylation is 1. The van der Waals surface area contributed by atoms with Gasteiger partial charge in [0.1, 0.15) is 11.6 Å². The molecule has 0 atom stereocenters. The van der Waals surface area contributed by atoms with Crippen molar-refractivity contribution >= 4 is 23.4 Å². The molecule has 1 amide bonds. The summed E-state index contributed by atoms with van der Waals surface area (Å²) in [6, 6.07) is 7.94. The van der Waals surface area contributed by atoms with Crippen LogP contribution in [0.25, 0.3) is 11.4 Å². The van der Waals surface area contributed by atoms with E-state index in [1.807, 2.05) is 17.6 Å². The molecule has 0 radical (unpaired) electrons. The number of anilines is 1. The van der Waals surface area contributed by atoms with Gasteiger partial charge < -0.3 is 14.3 Å². The summed E-state index contributed by atoms with van der Waals surface area (Å²) in [7, 11) is 0. The molecule has 6 nitrogen and oxygen atoms in total. The summed E-state index contributed by atoms with van der Waals surface area (Å²) in [6.07, 6.45) is 1.62. The van der Waals surface area contributed by atoms with Gasteiger partial charge in [-0.1, -0.05) is 37.7 Å². The number of nitrogens with one attached hydrogen (secondary N) is 1. The molecule has 0 saturated carbocycles. The fourth-order valence-electron chi connectivity index (χ4n) is 2.62. The standard InChI is InChI=1S/C19H21FN4O2S/c1-12(2)10-24-18(14-8-9-26-13(14)3)22-23-19(24)27-11-17(25)21-16-7-5-4-6-15(16)20/h4-9,12H,10-11H2,1-3H3,(H,21,25). The van der Waals surface area contributed by atoms with Crippen molar-refractivity contribution in [3.8, 4) is 11.4 Å². The van der Waals surface area contributed by atoms with Crippen molar-refractivity contribution in [3.63, 3.8) is 0 Å². The molecule has 1 N–H and O–H groups in total. The number of amides is 1. The Hall–Kier alpha value is -2.61. The molecule has 0 unspecified atom stereocenters. The van der Waals surface area contributed by atoms with Crippen LogP contribution in [0.1, 0.15) is 19.6 Å². The Kier molecular flexibility index (Phi) is 5.95. The van der Waals surface area contributed by atoms with E-state index in [0.717, 1.165) is 11.3 Å². The van der Waals surface area contributed by atoms with Crippen LogP contribution in [-0.2, 0) is 11.3 Å². The average molecular weight is 388 g/mol. The Balaban J connectivity index is 1.75. The number of halogens is 1. The van der Waals surface area contributed by atoms with Crippen LogP contribution in [0.2, 0.25) is 0 Å². The number of hydrogen-bond donors (Lipinski definition) is 1. The molecule has 3 rings (SSSR count). The minimum atomic E-state index is -0.462. The zero-order chi connectivity index (χ0) is 19.4. The highest BCUT2D eigenvalue weighted by Crippen LogP contribution is 2.28. The SMILES string of the molecule is Cc1occc1-c1nnc(SCC(=O)Nc2ccccc2F)n1CC(C)C. The third-order valence-corrected chi connectivity index (χ3v) is 4.81. The molecule has 0 aliphatic carbocycles. The van der Waals surface area contributed by atoms with Crippen LogP contribution in [-0.4, -0.2) is 26.4 Å². The van der Waals surface area contributed by atoms with E-state index < -0.39 is 5.82 Å². The number of nitrogens with zero attached hydrogens (tertiary/aromatic N) is 3. The molecule has 27 heavy (non-hydrogen) atoms. The number of carbonyl (C=O) groups is 1. The number of para-hydroxylation sites is 1. The zero-order valence-electron chi connectivity index (χ0n) is 15.4. The maximum absolute atomic E-state index is 13.7. The van der Waals surface area contributed by atoms with Crippen molar-refractivity contribution in [2.24, 2.45) is 5.92 Å². The molecule has 0 aliphatic heterocycles. The third kappa shape index (κ3) is 4.57. The van der Waals surface area contributed by atoms with E-state index in [9.17, 15) is 9.18 Å². The van der Waals surface area contributed by atoms with Gasteiger partial charge in [-0.3, -0.25) is 4.79 Å². The molecule has 2 aromatic heterocycles. The second-order valence-corrected chi connectivity index (χ2v) is 7.46. The summed E-state index contributed by atoms with van der Waals surface area (Å²) in [5, 5.41) is 11.8. The highest BCUT2D eigenvalue weighted by Gasteiger charge is 2.19. The van der Waals surface area contributed by atoms with Gasteiger partial charge in [-0.05, 0) is 31.0 Å². The predicted octanol–water partition coefficient (Wildman–Crippen LogP) is 4.37. The number of rotatable bonds is 7. The normalized spacial score (nSPS) is 11.1. The lowest BCUT2D eigenvalue weighted by molar-refractivity contribution is -0.113. The van der Waals surface area contributed by atoms with E-state index in [1.54, 1.807) is 18.4 Å². The highest BCUT2D eigenvalue weighted by molar-refractivity contribution is 7.99. The van der Waals surface area contributed by atoms with E-state index >= 15 is 0 Å². The van der Waals surface area contributed by atoms with Crippen molar-refractivity contribution in [1.82, 2.24) is 14.8 Å². The topological polar surface area (TPSA) is 72.9 Å². The number of hydrogen-bond acceptors (Lipinski definition) is 5. The maximum atomic E-state index is 13.7. The Morgan fingerprint density at radius 1 is 1.30 bits per heavy atom. The molecule has 1 aromatic carbocycles. The summed E-state index contributed by atoms with van der Waals surface area (Å²) < 4.78 is 21.0. The number of benzene rings is 1. The number of furan rings is 1. The Morgan fingerprint density at radius 2 is 2.07 bits per heavy atom. The first-order chi connectivity index (χ1) is 13.0. The second kappa shape index (κ2) is 8.39. The van der Waals surface area contributed by atoms with Gasteiger partial charge in [-0.25, -0.2) is 4.39 Å². The Morgan fingerprint density at radius 3 is 2.74 bits per heavy atom. The van der Waals surface area contributed by atoms with E-state index in [2.05, 4.69) is 29.4 Å². The van der Waals surface area contributed by atoms with Crippen LogP contribution in [0, 0.1) is 18.7 Å². The summed E-state index contributed by atoms with van der Waals surface area (Å²) in [6.45, 7) is 6.79. The summed E-state index contributed by atoms with van der Waals surface area (Å²) in [5.74, 6) is 1.20. The molecule has 8 heteroatoms. The van der Waals surface area contributed by atoms with Crippen molar-refractivity contribution in [3.05, 3.63) is 48.2 Å². The van der Waals surface area contributed by atoms with E-state index in [0.29, 0.717) is 23.4 Å². The predicted molar refractivity (Wildman–Crippen MR) is 103 cm³/mol. The van der Waals surface area contributed by atoms with Crippen LogP contribution in [0.4, 0.5) is 10.1 Å². The zero-order valence-corrected chi connectivity index (χ0v) is 16.2. The van der Waals surface area contributed by atoms with Crippen molar-refractivity contribution in [2.75, 3.05) is 11.1 Å². The van der Waals surface area contributed by atoms with Gasteiger partial charge in [0.15, 0.2) is 11.0 Å². The fourth-order valence-corrected chi connectivity index (χ4v) is 3.37. The molecular weight excluding hydrogens is 367 g/mol. The van der Waals surface area contributed by atoms with Crippen LogP contribution >= 0.6 is 11.8 Å². The number of carbonyl (C=O) groups excluding carboxylic acids is 1. The van der Waals surface area contributed by atoms with Crippen molar-refractivity contribution in [1.29, 1.82) is 0 Å². The number of thioether (sulfide) groups is 1. The van der Waals surface area contributed by atoms with Crippen molar-refractivity contribution < 1.29 is 13.6 Å². The first kappa shape index (κ1) is 19.2. The highest BCUT2D eigenvalue weighted by atomic mass is 32.2. The van der Waals surface area contributed by atoms with E-state index in [1.165, 1.54) is 23.9 Å². The minimum Gasteiger partial charge on any atom is -0.469 e. The Bertz CT molecular complexity index is 935. The van der Waals surface area contributed by atoms with Gasteiger partial charge in [0, 0.05) is 6.54 Å². The first-order valence-corrected chi connectivity index (χ1v) is 9.59. The molecular formula is C19H21FN4O2S. The molecule has 0 saturated heterocycles. The fraction of sp³-hybridized carbons (Fsp3) is 0.316. The summed E-state index contributed by atoms with van der Waals surface area (Å²) >= 11 is 1.27. The van der Waals surface area contributed by atoms with E-state index in [4.69, 9.17) is 4.42 Å². The molecule has 0 fully saturated rings. The summed E-state index contributed by atoms with van der Waals surface area (Å²) in [4.78, 5) is 12.2. The maximum Gasteiger partial charge on any atom is 0.234 e. The quantitative estimate of drug-likeness (QED) is 0.609. The largest absolute Gasteiger partial charge is 0.469 e. The third-order valence-electron chi connectivity index (χ3n) is 3.84. The lowest BCUT2D eigenvalue weighted by Gasteiger charge is -2.12. The van der Waals surface area contributed by atoms with Crippen LogP contribution in [0.3, 0.4) is 0 Å². The first-order valence-electron chi connectivity index (χ1n) is 8.60. The second-order valence-electron chi connectivity index (χ2n) is 6.52. The average Bonchev–Trinajstić information content (AvgIpc) is 3.20. The van der Waals surface area contributed by atoms with Gasteiger partial charge in [-0.2, -0.15) is 0 Å². The van der Waals surface area contributed by atoms with Crippen LogP contribution in [0.5, 0.6) is 0 Å². The van der Waals surface area contributed by atoms with Gasteiger partial charge in [0.2, 0.25) is 5.91 Å². The molecule has 3 aromatic rings. The monoisotopic (exact) mass is 388 g/mol. The van der Waals surface area contributed by atoms with Crippen molar-refractivity contribution in [2.45, 2.75) is 32.5 Å². The molecule has 142 valence electrons. The minimum absolute atomic E-state index is 0.106. The lowest BCUT2D eigenvalue weighted by Crippen LogP contribution is -2.16. The van der Waals surface area contributed by atoms with Crippen LogP contribution in [0.15, 0.2) is 46.2 Å². The lowest BCUT2D eigenvalue weighted by atomic mass is 10.2. The smallest absolute Gasteiger partial charge is 0.234 e. The summed E-state index contributed by atoms with van der Waals surface area (Å²) in [5.41, 5.74) is 1.05. The molecule has 0 spiro atoms. The van der Waals surface area contributed by atoms with Gasteiger partial charge in [0.05, 0.1) is 23.3 Å². The Labute approximate surface area is 161 Å². The molecule has 2 heterocycles. The molecule has 0 bridgehead atoms. The number of aromatic nitrogens is 3.